The number of halogens is 3. The Labute approximate surface area is 112 Å². The van der Waals surface area contributed by atoms with Gasteiger partial charge in [0.2, 0.25) is 10.0 Å². The van der Waals surface area contributed by atoms with Gasteiger partial charge in [0.05, 0.1) is 6.07 Å². The number of nitrogens with one attached hydrogen (secondary N) is 1. The molecule has 18 heavy (non-hydrogen) atoms. The Morgan fingerprint density at radius 2 is 1.94 bits per heavy atom. The Morgan fingerprint density at radius 1 is 1.44 bits per heavy atom. The van der Waals surface area contributed by atoms with Crippen LogP contribution in [0.25, 0.3) is 0 Å². The molecule has 0 radical (unpaired) electrons. The van der Waals surface area contributed by atoms with Gasteiger partial charge < -0.3 is 0 Å². The quantitative estimate of drug-likeness (QED) is 0.917. The molecule has 0 spiro atoms. The summed E-state index contributed by atoms with van der Waals surface area (Å²) in [6.45, 7) is 1.49. The fourth-order valence-corrected chi connectivity index (χ4v) is 2.83. The van der Waals surface area contributed by atoms with E-state index in [2.05, 4.69) is 15.9 Å². The van der Waals surface area contributed by atoms with Crippen molar-refractivity contribution < 1.29 is 17.2 Å². The lowest BCUT2D eigenvalue weighted by Crippen LogP contribution is -2.26. The summed E-state index contributed by atoms with van der Waals surface area (Å²) < 4.78 is 52.1. The van der Waals surface area contributed by atoms with Crippen LogP contribution in [0.3, 0.4) is 0 Å². The second-order valence-electron chi connectivity index (χ2n) is 3.42. The zero-order valence-electron chi connectivity index (χ0n) is 9.25. The molecule has 1 aromatic rings. The van der Waals surface area contributed by atoms with Gasteiger partial charge >= 0.3 is 0 Å². The van der Waals surface area contributed by atoms with Gasteiger partial charge in [-0.2, -0.15) is 5.26 Å². The van der Waals surface area contributed by atoms with E-state index in [0.717, 1.165) is 12.1 Å². The Hall–Kier alpha value is -1.20. The van der Waals surface area contributed by atoms with Crippen molar-refractivity contribution in [2.45, 2.75) is 18.6 Å². The predicted molar refractivity (Wildman–Crippen MR) is 66.3 cm³/mol. The second-order valence-corrected chi connectivity index (χ2v) is 6.20. The number of sulfonamides is 1. The molecule has 0 amide bonds. The molecule has 0 heterocycles. The Kier molecular flexibility index (Phi) is 4.65. The normalized spacial score (nSPS) is 12.8. The molecule has 0 aliphatic rings. The van der Waals surface area contributed by atoms with E-state index < -0.39 is 32.6 Å². The standard InChI is InChI=1S/C10H9BrF2N2O2S/c1-2-7(5-14)18(16,17)15-10-8(12)3-6(11)4-9(10)13/h3-4,7,15H,2H2,1H3. The van der Waals surface area contributed by atoms with Crippen molar-refractivity contribution in [1.82, 2.24) is 0 Å². The third-order valence-corrected chi connectivity index (χ3v) is 4.27. The Balaban J connectivity index is 3.17. The molecule has 0 fully saturated rings. The first-order chi connectivity index (χ1) is 8.31. The van der Waals surface area contributed by atoms with Gasteiger partial charge in [-0.25, -0.2) is 17.2 Å². The fraction of sp³-hybridized carbons (Fsp3) is 0.300. The number of rotatable bonds is 4. The lowest BCUT2D eigenvalue weighted by atomic mass is 10.3. The maximum atomic E-state index is 13.4. The second kappa shape index (κ2) is 5.63. The molecule has 1 rings (SSSR count). The summed E-state index contributed by atoms with van der Waals surface area (Å²) in [6.07, 6.45) is 0.0194. The molecule has 0 saturated heterocycles. The lowest BCUT2D eigenvalue weighted by Gasteiger charge is -2.12. The van der Waals surface area contributed by atoms with E-state index in [9.17, 15) is 17.2 Å². The van der Waals surface area contributed by atoms with Gasteiger partial charge in [0.25, 0.3) is 0 Å². The molecule has 1 unspecified atom stereocenters. The van der Waals surface area contributed by atoms with E-state index in [1.165, 1.54) is 6.92 Å². The first kappa shape index (κ1) is 14.9. The molecule has 8 heteroatoms. The van der Waals surface area contributed by atoms with Gasteiger partial charge in [0.1, 0.15) is 5.69 Å². The van der Waals surface area contributed by atoms with E-state index in [0.29, 0.717) is 0 Å². The van der Waals surface area contributed by atoms with Gasteiger partial charge in [-0.3, -0.25) is 4.72 Å². The maximum Gasteiger partial charge on any atom is 0.249 e. The Morgan fingerprint density at radius 3 is 2.33 bits per heavy atom. The number of anilines is 1. The van der Waals surface area contributed by atoms with E-state index in [4.69, 9.17) is 5.26 Å². The molecule has 0 aromatic heterocycles. The van der Waals surface area contributed by atoms with Crippen LogP contribution in [-0.2, 0) is 10.0 Å². The monoisotopic (exact) mass is 338 g/mol. The average Bonchev–Trinajstić information content (AvgIpc) is 2.24. The fourth-order valence-electron chi connectivity index (χ4n) is 1.23. The highest BCUT2D eigenvalue weighted by Crippen LogP contribution is 2.25. The molecule has 0 bridgehead atoms. The lowest BCUT2D eigenvalue weighted by molar-refractivity contribution is 0.578. The van der Waals surface area contributed by atoms with Gasteiger partial charge in [-0.05, 0) is 18.6 Å². The van der Waals surface area contributed by atoms with Crippen molar-refractivity contribution in [2.24, 2.45) is 0 Å². The topological polar surface area (TPSA) is 70.0 Å². The SMILES string of the molecule is CCC(C#N)S(=O)(=O)Nc1c(F)cc(Br)cc1F. The minimum absolute atomic E-state index is 0.0194. The minimum Gasteiger partial charge on any atom is -0.277 e. The van der Waals surface area contributed by atoms with Gasteiger partial charge in [-0.1, -0.05) is 22.9 Å². The highest BCUT2D eigenvalue weighted by molar-refractivity contribution is 9.10. The van der Waals surface area contributed by atoms with Crippen molar-refractivity contribution in [2.75, 3.05) is 4.72 Å². The smallest absolute Gasteiger partial charge is 0.249 e. The third kappa shape index (κ3) is 3.17. The molecule has 1 aromatic carbocycles. The molecular weight excluding hydrogens is 330 g/mol. The molecular formula is C10H9BrF2N2O2S. The summed E-state index contributed by atoms with van der Waals surface area (Å²) in [6, 6.07) is 3.41. The summed E-state index contributed by atoms with van der Waals surface area (Å²) in [5, 5.41) is 7.30. The first-order valence-electron chi connectivity index (χ1n) is 4.87. The zero-order chi connectivity index (χ0) is 13.9. The summed E-state index contributed by atoms with van der Waals surface area (Å²) in [7, 11) is -4.14. The highest BCUT2D eigenvalue weighted by atomic mass is 79.9. The number of benzene rings is 1. The van der Waals surface area contributed by atoms with Crippen LogP contribution in [0, 0.1) is 23.0 Å². The highest BCUT2D eigenvalue weighted by Gasteiger charge is 2.26. The summed E-state index contributed by atoms with van der Waals surface area (Å²) >= 11 is 2.87. The van der Waals surface area contributed by atoms with Crippen LogP contribution >= 0.6 is 15.9 Å². The number of nitriles is 1. The predicted octanol–water partition coefficient (Wildman–Crippen LogP) is 2.77. The van der Waals surface area contributed by atoms with Crippen LogP contribution in [0.1, 0.15) is 13.3 Å². The van der Waals surface area contributed by atoms with Crippen LogP contribution in [0.15, 0.2) is 16.6 Å². The van der Waals surface area contributed by atoms with Crippen LogP contribution in [0.4, 0.5) is 14.5 Å². The Bertz CT molecular complexity index is 575. The number of nitrogens with zero attached hydrogens (tertiary/aromatic N) is 1. The summed E-state index contributed by atoms with van der Waals surface area (Å²) in [5.41, 5.74) is -0.785. The van der Waals surface area contributed by atoms with Crippen molar-refractivity contribution in [1.29, 1.82) is 5.26 Å². The first-order valence-corrected chi connectivity index (χ1v) is 7.21. The van der Waals surface area contributed by atoms with Crippen LogP contribution < -0.4 is 4.72 Å². The van der Waals surface area contributed by atoms with E-state index in [1.807, 2.05) is 0 Å². The molecule has 4 nitrogen and oxygen atoms in total. The van der Waals surface area contributed by atoms with Crippen molar-refractivity contribution in [3.8, 4) is 6.07 Å². The van der Waals surface area contributed by atoms with Gasteiger partial charge in [0, 0.05) is 4.47 Å². The van der Waals surface area contributed by atoms with E-state index in [-0.39, 0.29) is 10.9 Å². The number of hydrogen-bond acceptors (Lipinski definition) is 3. The van der Waals surface area contributed by atoms with Crippen LogP contribution in [0.2, 0.25) is 0 Å². The molecule has 0 aliphatic heterocycles. The molecule has 1 atom stereocenters. The van der Waals surface area contributed by atoms with Crippen LogP contribution in [-0.4, -0.2) is 13.7 Å². The average molecular weight is 339 g/mol. The molecule has 1 N–H and O–H groups in total. The third-order valence-electron chi connectivity index (χ3n) is 2.14. The van der Waals surface area contributed by atoms with Gasteiger partial charge in [-0.15, -0.1) is 0 Å². The van der Waals surface area contributed by atoms with Crippen LogP contribution in [0.5, 0.6) is 0 Å². The van der Waals surface area contributed by atoms with E-state index in [1.54, 1.807) is 10.8 Å². The van der Waals surface area contributed by atoms with Crippen molar-refractivity contribution >= 4 is 31.6 Å². The molecule has 98 valence electrons. The number of hydrogen-bond donors (Lipinski definition) is 1. The largest absolute Gasteiger partial charge is 0.277 e. The van der Waals surface area contributed by atoms with Crippen molar-refractivity contribution in [3.05, 3.63) is 28.2 Å². The van der Waals surface area contributed by atoms with E-state index >= 15 is 0 Å². The minimum atomic E-state index is -4.14. The molecule has 0 aliphatic carbocycles. The summed E-state index contributed by atoms with van der Waals surface area (Å²) in [5.74, 6) is -2.11. The zero-order valence-corrected chi connectivity index (χ0v) is 11.6. The molecule has 0 saturated carbocycles. The summed E-state index contributed by atoms with van der Waals surface area (Å²) in [4.78, 5) is 0. The van der Waals surface area contributed by atoms with Crippen molar-refractivity contribution in [3.63, 3.8) is 0 Å². The maximum absolute atomic E-state index is 13.4. The van der Waals surface area contributed by atoms with Gasteiger partial charge in [0.15, 0.2) is 16.9 Å².